The molecule has 3 aromatic rings. The second-order valence-corrected chi connectivity index (χ2v) is 5.35. The summed E-state index contributed by atoms with van der Waals surface area (Å²) < 4.78 is 2.16. The van der Waals surface area contributed by atoms with Crippen molar-refractivity contribution in [2.24, 2.45) is 0 Å². The van der Waals surface area contributed by atoms with Crippen LogP contribution in [0.25, 0.3) is 16.7 Å². The van der Waals surface area contributed by atoms with E-state index in [1.54, 1.807) is 0 Å². The highest BCUT2D eigenvalue weighted by Crippen LogP contribution is 2.30. The van der Waals surface area contributed by atoms with Crippen molar-refractivity contribution >= 4 is 16.9 Å². The summed E-state index contributed by atoms with van der Waals surface area (Å²) in [6.07, 6.45) is 1.52. The van der Waals surface area contributed by atoms with Gasteiger partial charge in [-0.15, -0.1) is 0 Å². The Labute approximate surface area is 118 Å². The van der Waals surface area contributed by atoms with Gasteiger partial charge < -0.3 is 5.73 Å². The maximum atomic E-state index is 6.01. The zero-order valence-electron chi connectivity index (χ0n) is 12.2. The molecule has 20 heavy (non-hydrogen) atoms. The molecule has 0 saturated heterocycles. The maximum Gasteiger partial charge on any atom is 0.150 e. The van der Waals surface area contributed by atoms with Gasteiger partial charge in [-0.25, -0.2) is 9.97 Å². The van der Waals surface area contributed by atoms with Gasteiger partial charge in [0.2, 0.25) is 0 Å². The van der Waals surface area contributed by atoms with Crippen LogP contribution >= 0.6 is 0 Å². The molecule has 0 amide bonds. The largest absolute Gasteiger partial charge is 0.383 e. The number of hydrogen-bond donors (Lipinski definition) is 1. The van der Waals surface area contributed by atoms with Crippen molar-refractivity contribution in [1.29, 1.82) is 0 Å². The van der Waals surface area contributed by atoms with Crippen LogP contribution in [-0.2, 0) is 0 Å². The fourth-order valence-electron chi connectivity index (χ4n) is 2.82. The molecule has 0 aliphatic carbocycles. The number of fused-ring (bicyclic) bond motifs is 1. The van der Waals surface area contributed by atoms with E-state index in [0.29, 0.717) is 5.82 Å². The van der Waals surface area contributed by atoms with Crippen LogP contribution in [0.4, 0.5) is 5.82 Å². The van der Waals surface area contributed by atoms with Gasteiger partial charge in [0, 0.05) is 11.4 Å². The highest BCUT2D eigenvalue weighted by molar-refractivity contribution is 5.92. The zero-order chi connectivity index (χ0) is 14.4. The molecule has 0 radical (unpaired) electrons. The second kappa shape index (κ2) is 4.34. The molecule has 0 fully saturated rings. The van der Waals surface area contributed by atoms with E-state index in [0.717, 1.165) is 28.0 Å². The van der Waals surface area contributed by atoms with E-state index >= 15 is 0 Å². The predicted octanol–water partition coefficient (Wildman–Crippen LogP) is 3.24. The predicted molar refractivity (Wildman–Crippen MR) is 82.2 cm³/mol. The maximum absolute atomic E-state index is 6.01. The number of nitrogen functional groups attached to an aromatic ring is 1. The SMILES string of the molecule is Cc1cc(C)cc(-n2c(C)c(C)c3c(N)ncnc32)c1. The summed E-state index contributed by atoms with van der Waals surface area (Å²) in [5, 5.41) is 0.948. The normalized spacial score (nSPS) is 11.2. The van der Waals surface area contributed by atoms with Crippen LogP contribution in [0.3, 0.4) is 0 Å². The molecule has 2 N–H and O–H groups in total. The summed E-state index contributed by atoms with van der Waals surface area (Å²) in [5.74, 6) is 0.540. The lowest BCUT2D eigenvalue weighted by atomic mass is 10.1. The third-order valence-electron chi connectivity index (χ3n) is 3.79. The lowest BCUT2D eigenvalue weighted by Crippen LogP contribution is -2.00. The molecule has 102 valence electrons. The summed E-state index contributed by atoms with van der Waals surface area (Å²) in [5.41, 5.74) is 12.8. The molecular weight excluding hydrogens is 248 g/mol. The standard InChI is InChI=1S/C16H18N4/c1-9-5-10(2)7-13(6-9)20-12(4)11(3)14-15(17)18-8-19-16(14)20/h5-8H,1-4H3,(H2,17,18,19). The Hall–Kier alpha value is -2.36. The van der Waals surface area contributed by atoms with E-state index in [-0.39, 0.29) is 0 Å². The quantitative estimate of drug-likeness (QED) is 0.735. The van der Waals surface area contributed by atoms with E-state index in [1.165, 1.54) is 17.5 Å². The van der Waals surface area contributed by atoms with Gasteiger partial charge in [-0.2, -0.15) is 0 Å². The molecule has 0 bridgehead atoms. The lowest BCUT2D eigenvalue weighted by Gasteiger charge is -2.10. The molecule has 0 spiro atoms. The van der Waals surface area contributed by atoms with Crippen LogP contribution in [0, 0.1) is 27.7 Å². The van der Waals surface area contributed by atoms with Gasteiger partial charge in [0.15, 0.2) is 5.65 Å². The molecule has 0 unspecified atom stereocenters. The fraction of sp³-hybridized carbons (Fsp3) is 0.250. The summed E-state index contributed by atoms with van der Waals surface area (Å²) in [6, 6.07) is 6.50. The van der Waals surface area contributed by atoms with Gasteiger partial charge in [-0.3, -0.25) is 4.57 Å². The molecule has 4 nitrogen and oxygen atoms in total. The first-order chi connectivity index (χ1) is 9.49. The van der Waals surface area contributed by atoms with Crippen LogP contribution in [0.2, 0.25) is 0 Å². The number of aromatic nitrogens is 3. The number of benzene rings is 1. The first-order valence-corrected chi connectivity index (χ1v) is 6.66. The minimum atomic E-state index is 0.540. The molecule has 0 aliphatic rings. The van der Waals surface area contributed by atoms with Crippen LogP contribution in [0.1, 0.15) is 22.4 Å². The smallest absolute Gasteiger partial charge is 0.150 e. The molecule has 0 saturated carbocycles. The van der Waals surface area contributed by atoms with Gasteiger partial charge in [-0.05, 0) is 56.5 Å². The van der Waals surface area contributed by atoms with Gasteiger partial charge in [0.1, 0.15) is 12.1 Å². The summed E-state index contributed by atoms with van der Waals surface area (Å²) in [7, 11) is 0. The third kappa shape index (κ3) is 1.76. The Bertz CT molecular complexity index is 795. The van der Waals surface area contributed by atoms with Gasteiger partial charge >= 0.3 is 0 Å². The van der Waals surface area contributed by atoms with E-state index in [1.807, 2.05) is 0 Å². The highest BCUT2D eigenvalue weighted by atomic mass is 15.1. The Morgan fingerprint density at radius 2 is 1.60 bits per heavy atom. The number of hydrogen-bond acceptors (Lipinski definition) is 3. The second-order valence-electron chi connectivity index (χ2n) is 5.35. The minimum absolute atomic E-state index is 0.540. The highest BCUT2D eigenvalue weighted by Gasteiger charge is 2.16. The molecular formula is C16H18N4. The number of rotatable bonds is 1. The van der Waals surface area contributed by atoms with Crippen LogP contribution in [-0.4, -0.2) is 14.5 Å². The topological polar surface area (TPSA) is 56.7 Å². The summed E-state index contributed by atoms with van der Waals surface area (Å²) >= 11 is 0. The monoisotopic (exact) mass is 266 g/mol. The van der Waals surface area contributed by atoms with E-state index in [2.05, 4.69) is 60.4 Å². The molecule has 1 aromatic carbocycles. The molecule has 0 aliphatic heterocycles. The Morgan fingerprint density at radius 1 is 0.950 bits per heavy atom. The van der Waals surface area contributed by atoms with E-state index < -0.39 is 0 Å². The van der Waals surface area contributed by atoms with Crippen LogP contribution in [0.5, 0.6) is 0 Å². The lowest BCUT2D eigenvalue weighted by molar-refractivity contribution is 1.01. The first kappa shape index (κ1) is 12.7. The summed E-state index contributed by atoms with van der Waals surface area (Å²) in [4.78, 5) is 8.54. The number of anilines is 1. The van der Waals surface area contributed by atoms with Crippen molar-refractivity contribution in [2.45, 2.75) is 27.7 Å². The van der Waals surface area contributed by atoms with Gasteiger partial charge in [0.05, 0.1) is 5.39 Å². The molecule has 2 aromatic heterocycles. The molecule has 3 rings (SSSR count). The van der Waals surface area contributed by atoms with Crippen molar-refractivity contribution in [3.63, 3.8) is 0 Å². The number of aryl methyl sites for hydroxylation is 3. The van der Waals surface area contributed by atoms with Crippen molar-refractivity contribution in [3.8, 4) is 5.69 Å². The molecule has 0 atom stereocenters. The third-order valence-corrected chi connectivity index (χ3v) is 3.79. The van der Waals surface area contributed by atoms with Crippen LogP contribution < -0.4 is 5.73 Å². The van der Waals surface area contributed by atoms with E-state index in [9.17, 15) is 0 Å². The Kier molecular flexibility index (Phi) is 2.74. The van der Waals surface area contributed by atoms with Gasteiger partial charge in [-0.1, -0.05) is 6.07 Å². The zero-order valence-corrected chi connectivity index (χ0v) is 12.2. The van der Waals surface area contributed by atoms with Crippen molar-refractivity contribution < 1.29 is 0 Å². The minimum Gasteiger partial charge on any atom is -0.383 e. The average Bonchev–Trinajstić information content (AvgIpc) is 2.62. The van der Waals surface area contributed by atoms with Crippen LogP contribution in [0.15, 0.2) is 24.5 Å². The Balaban J connectivity index is 2.42. The fourth-order valence-corrected chi connectivity index (χ4v) is 2.82. The average molecular weight is 266 g/mol. The van der Waals surface area contributed by atoms with Crippen molar-refractivity contribution in [1.82, 2.24) is 14.5 Å². The van der Waals surface area contributed by atoms with Crippen molar-refractivity contribution in [2.75, 3.05) is 5.73 Å². The molecule has 2 heterocycles. The first-order valence-electron chi connectivity index (χ1n) is 6.66. The number of nitrogens with zero attached hydrogens (tertiary/aromatic N) is 3. The van der Waals surface area contributed by atoms with E-state index in [4.69, 9.17) is 5.73 Å². The van der Waals surface area contributed by atoms with Crippen molar-refractivity contribution in [3.05, 3.63) is 46.9 Å². The number of nitrogens with two attached hydrogens (primary N) is 1. The molecule has 4 heteroatoms. The van der Waals surface area contributed by atoms with Gasteiger partial charge in [0.25, 0.3) is 0 Å². The summed E-state index contributed by atoms with van der Waals surface area (Å²) in [6.45, 7) is 8.37. The Morgan fingerprint density at radius 3 is 2.25 bits per heavy atom.